The fraction of sp³-hybridized carbons (Fsp3) is 0.450. The van der Waals surface area contributed by atoms with Crippen molar-refractivity contribution < 1.29 is 41.2 Å². The first-order valence-corrected chi connectivity index (χ1v) is 13.5. The second kappa shape index (κ2) is 9.57. The van der Waals surface area contributed by atoms with Gasteiger partial charge in [-0.3, -0.25) is 13.9 Å². The van der Waals surface area contributed by atoms with Gasteiger partial charge in [0.1, 0.15) is 14.8 Å². The Bertz CT molecular complexity index is 1260. The third-order valence-electron chi connectivity index (χ3n) is 5.50. The van der Waals surface area contributed by atoms with Crippen LogP contribution in [0.1, 0.15) is 52.0 Å². The predicted molar refractivity (Wildman–Crippen MR) is 122 cm³/mol. The number of unbranched alkanes of at least 4 members (excludes halogenated alkanes) is 2. The Hall–Kier alpha value is -1.83. The molecule has 2 rings (SSSR count). The molecule has 2 aromatic rings. The highest BCUT2D eigenvalue weighted by Crippen LogP contribution is 2.43. The molecule has 0 aliphatic carbocycles. The summed E-state index contributed by atoms with van der Waals surface area (Å²) in [5.41, 5.74) is 1.13. The van der Waals surface area contributed by atoms with Crippen molar-refractivity contribution in [1.82, 2.24) is 0 Å². The number of nitrogens with two attached hydrogens (primary N) is 1. The Morgan fingerprint density at radius 1 is 1.09 bits per heavy atom. The predicted octanol–water partition coefficient (Wildman–Crippen LogP) is 3.09. The van der Waals surface area contributed by atoms with Crippen LogP contribution >= 0.6 is 11.3 Å². The zero-order valence-corrected chi connectivity index (χ0v) is 20.5. The molecule has 1 aromatic carbocycles. The number of fused-ring (bicyclic) bond motifs is 1. The molecular formula is C20H28NO8S3+. The van der Waals surface area contributed by atoms with Crippen LogP contribution in [0, 0.1) is 0 Å². The Morgan fingerprint density at radius 3 is 2.22 bits per heavy atom. The number of carboxylic acids is 1. The molecule has 0 aliphatic rings. The lowest BCUT2D eigenvalue weighted by atomic mass is 9.77. The van der Waals surface area contributed by atoms with E-state index in [1.165, 1.54) is 12.1 Å². The van der Waals surface area contributed by atoms with Crippen LogP contribution in [-0.2, 0) is 30.4 Å². The van der Waals surface area contributed by atoms with Crippen molar-refractivity contribution in [2.45, 2.75) is 61.0 Å². The Labute approximate surface area is 191 Å². The summed E-state index contributed by atoms with van der Waals surface area (Å²) in [6, 6.07) is 2.53. The lowest BCUT2D eigenvalue weighted by Crippen LogP contribution is -2.78. The summed E-state index contributed by atoms with van der Waals surface area (Å²) in [7, 11) is -9.29. The van der Waals surface area contributed by atoms with Crippen molar-refractivity contribution in [2.75, 3.05) is 6.54 Å². The van der Waals surface area contributed by atoms with E-state index in [1.807, 2.05) is 19.2 Å². The maximum atomic E-state index is 12.1. The number of aliphatic carboxylic acids is 1. The number of carbonyl (C=O) groups is 1. The van der Waals surface area contributed by atoms with Crippen LogP contribution < -0.4 is 5.32 Å². The third kappa shape index (κ3) is 5.94. The van der Waals surface area contributed by atoms with Gasteiger partial charge in [-0.1, -0.05) is 26.0 Å². The minimum absolute atomic E-state index is 0.0264. The molecule has 0 unspecified atom stereocenters. The fourth-order valence-electron chi connectivity index (χ4n) is 3.30. The summed E-state index contributed by atoms with van der Waals surface area (Å²) in [6.07, 6.45) is 1.95. The monoisotopic (exact) mass is 506 g/mol. The van der Waals surface area contributed by atoms with Crippen LogP contribution in [0.3, 0.4) is 0 Å². The first-order chi connectivity index (χ1) is 14.6. The number of allylic oxidation sites excluding steroid dienone is 1. The van der Waals surface area contributed by atoms with Gasteiger partial charge in [0.2, 0.25) is 0 Å². The molecule has 0 radical (unpaired) electrons. The fourth-order valence-corrected chi connectivity index (χ4v) is 6.11. The minimum atomic E-state index is -4.69. The van der Waals surface area contributed by atoms with Gasteiger partial charge in [-0.05, 0) is 38.3 Å². The molecule has 0 saturated heterocycles. The molecule has 1 aromatic heterocycles. The molecule has 1 heterocycles. The number of hydrogen-bond donors (Lipinski definition) is 4. The molecule has 12 heteroatoms. The Kier molecular flexibility index (Phi) is 7.91. The maximum Gasteiger partial charge on any atom is 0.304 e. The summed E-state index contributed by atoms with van der Waals surface area (Å²) in [5.74, 6) is -0.863. The molecule has 0 bridgehead atoms. The summed E-state index contributed by atoms with van der Waals surface area (Å²) in [6.45, 7) is 9.98. The maximum absolute atomic E-state index is 12.1. The minimum Gasteiger partial charge on any atom is -0.481 e. The highest BCUT2D eigenvalue weighted by molar-refractivity contribution is 7.88. The van der Waals surface area contributed by atoms with Gasteiger partial charge >= 0.3 is 16.1 Å². The van der Waals surface area contributed by atoms with E-state index in [0.717, 1.165) is 5.57 Å². The van der Waals surface area contributed by atoms with E-state index in [0.29, 0.717) is 48.4 Å². The van der Waals surface area contributed by atoms with Crippen molar-refractivity contribution in [2.24, 2.45) is 0 Å². The molecule has 32 heavy (non-hydrogen) atoms. The lowest BCUT2D eigenvalue weighted by molar-refractivity contribution is -0.571. The smallest absolute Gasteiger partial charge is 0.304 e. The number of benzene rings is 1. The van der Waals surface area contributed by atoms with Crippen molar-refractivity contribution in [3.63, 3.8) is 0 Å². The molecule has 178 valence electrons. The van der Waals surface area contributed by atoms with Crippen LogP contribution in [-0.4, -0.2) is 43.6 Å². The largest absolute Gasteiger partial charge is 0.481 e. The van der Waals surface area contributed by atoms with Gasteiger partial charge in [0.05, 0.1) is 16.6 Å². The number of quaternary nitrogens is 1. The topological polar surface area (TPSA) is 163 Å². The van der Waals surface area contributed by atoms with E-state index in [-0.39, 0.29) is 16.5 Å². The van der Waals surface area contributed by atoms with Crippen LogP contribution in [0.2, 0.25) is 0 Å². The first-order valence-electron chi connectivity index (χ1n) is 9.83. The van der Waals surface area contributed by atoms with E-state index >= 15 is 0 Å². The van der Waals surface area contributed by atoms with Crippen molar-refractivity contribution in [3.8, 4) is 0 Å². The van der Waals surface area contributed by atoms with Crippen molar-refractivity contribution in [1.29, 1.82) is 0 Å². The van der Waals surface area contributed by atoms with Gasteiger partial charge in [0, 0.05) is 17.4 Å². The zero-order chi connectivity index (χ0) is 24.5. The van der Waals surface area contributed by atoms with E-state index in [9.17, 15) is 30.7 Å². The molecule has 0 spiro atoms. The molecule has 5 N–H and O–H groups in total. The standard InChI is InChI=1S/C20H27NO8S3/c1-12(2)20(3,4)14-11-15(31(24,25)26)19-13(10-17(30-19)32(27,28)29)18(14)21-9-7-5-6-8-16(22)23/h10-11,21H,1,5-9H2,2-4H3,(H,22,23)(H,24,25,26)(H,27,28,29)/p+1. The van der Waals surface area contributed by atoms with Gasteiger partial charge in [0.25, 0.3) is 10.1 Å². The molecule has 0 aliphatic heterocycles. The third-order valence-corrected chi connectivity index (χ3v) is 8.98. The van der Waals surface area contributed by atoms with Gasteiger partial charge < -0.3 is 10.4 Å². The van der Waals surface area contributed by atoms with E-state index in [4.69, 9.17) is 5.11 Å². The number of carboxylic acid groups (broad SMARTS) is 1. The van der Waals surface area contributed by atoms with Crippen molar-refractivity contribution >= 4 is 53.3 Å². The molecule has 9 nitrogen and oxygen atoms in total. The molecule has 0 fully saturated rings. The average molecular weight is 507 g/mol. The lowest BCUT2D eigenvalue weighted by Gasteiger charge is -2.28. The SMILES string of the molecule is C=C(C)C(C)(C)c1cc(S(=O)(=O)O)c2sc(S(=O)(=O)O)cc2c1[NH2+]CCCCCC(=O)O. The molecular weight excluding hydrogens is 478 g/mol. The van der Waals surface area contributed by atoms with Gasteiger partial charge in [-0.15, -0.1) is 11.3 Å². The van der Waals surface area contributed by atoms with Crippen molar-refractivity contribution in [3.05, 3.63) is 29.8 Å². The Morgan fingerprint density at radius 2 is 1.72 bits per heavy atom. The van der Waals surface area contributed by atoms with E-state index in [2.05, 4.69) is 6.58 Å². The number of hydrogen-bond acceptors (Lipinski definition) is 6. The molecule has 0 atom stereocenters. The second-order valence-corrected chi connectivity index (χ2v) is 12.3. The summed E-state index contributed by atoms with van der Waals surface area (Å²) in [4.78, 5) is 10.2. The quantitative estimate of drug-likeness (QED) is 0.156. The highest BCUT2D eigenvalue weighted by Gasteiger charge is 2.33. The van der Waals surface area contributed by atoms with Gasteiger partial charge in [0.15, 0.2) is 0 Å². The Balaban J connectivity index is 2.68. The van der Waals surface area contributed by atoms with Crippen LogP contribution in [0.5, 0.6) is 0 Å². The van der Waals surface area contributed by atoms with Crippen LogP contribution in [0.4, 0.5) is 5.69 Å². The molecule has 0 saturated carbocycles. The van der Waals surface area contributed by atoms with Crippen LogP contribution in [0.15, 0.2) is 33.4 Å². The number of rotatable bonds is 11. The summed E-state index contributed by atoms with van der Waals surface area (Å²) < 4.78 is 66.6. The molecule has 0 amide bonds. The highest BCUT2D eigenvalue weighted by atomic mass is 32.3. The van der Waals surface area contributed by atoms with E-state index in [1.54, 1.807) is 6.92 Å². The number of thiophene rings is 1. The normalized spacial score (nSPS) is 12.9. The van der Waals surface area contributed by atoms with E-state index < -0.39 is 40.7 Å². The van der Waals surface area contributed by atoms with Crippen LogP contribution in [0.25, 0.3) is 10.1 Å². The summed E-state index contributed by atoms with van der Waals surface area (Å²) >= 11 is 0.565. The second-order valence-electron chi connectivity index (χ2n) is 8.20. The zero-order valence-electron chi connectivity index (χ0n) is 18.1. The van der Waals surface area contributed by atoms with Gasteiger partial charge in [-0.25, -0.2) is 0 Å². The first kappa shape index (κ1) is 26.4. The summed E-state index contributed by atoms with van der Waals surface area (Å²) in [5, 5.41) is 10.9. The average Bonchev–Trinajstić information content (AvgIpc) is 3.08. The van der Waals surface area contributed by atoms with Gasteiger partial charge in [-0.2, -0.15) is 16.8 Å².